The fourth-order valence-electron chi connectivity index (χ4n) is 3.64. The van der Waals surface area contributed by atoms with Crippen LogP contribution in [0.15, 0.2) is 36.9 Å². The van der Waals surface area contributed by atoms with Gasteiger partial charge >= 0.3 is 0 Å². The molecule has 0 amide bonds. The van der Waals surface area contributed by atoms with Gasteiger partial charge in [-0.1, -0.05) is 55.7 Å². The van der Waals surface area contributed by atoms with E-state index in [-0.39, 0.29) is 0 Å². The van der Waals surface area contributed by atoms with E-state index in [1.54, 1.807) is 14.2 Å². The third-order valence-electron chi connectivity index (χ3n) is 5.79. The molecule has 0 atom stereocenters. The van der Waals surface area contributed by atoms with Gasteiger partial charge in [0.1, 0.15) is 11.5 Å². The summed E-state index contributed by atoms with van der Waals surface area (Å²) in [5.74, 6) is -0.160. The normalized spacial score (nSPS) is 12.0. The van der Waals surface area contributed by atoms with E-state index in [0.29, 0.717) is 0 Å². The van der Waals surface area contributed by atoms with Crippen LogP contribution in [0.3, 0.4) is 0 Å². The van der Waals surface area contributed by atoms with E-state index in [9.17, 15) is 0 Å². The summed E-state index contributed by atoms with van der Waals surface area (Å²) in [7, 11) is 3.31. The molecule has 0 radical (unpaired) electrons. The van der Waals surface area contributed by atoms with Gasteiger partial charge in [-0.2, -0.15) is 0 Å². The molecule has 33 heavy (non-hydrogen) atoms. The Bertz CT molecular complexity index is 917. The number of allylic oxidation sites excluding steroid dienone is 1. The molecular weight excluding hydrogens is 412 g/mol. The zero-order chi connectivity index (χ0) is 24.8. The maximum Gasteiger partial charge on any atom is 0.204 e. The van der Waals surface area contributed by atoms with Crippen molar-refractivity contribution in [3.8, 4) is 22.6 Å². The molecule has 0 spiro atoms. The van der Waals surface area contributed by atoms with Crippen molar-refractivity contribution in [3.05, 3.63) is 53.6 Å². The van der Waals surface area contributed by atoms with Gasteiger partial charge in [0.05, 0.1) is 5.56 Å². The van der Waals surface area contributed by atoms with Crippen LogP contribution in [0.5, 0.6) is 11.5 Å². The first-order chi connectivity index (χ1) is 15.4. The van der Waals surface area contributed by atoms with Gasteiger partial charge in [-0.3, -0.25) is 0 Å². The van der Waals surface area contributed by atoms with Crippen LogP contribution in [0.25, 0.3) is 16.7 Å². The van der Waals surface area contributed by atoms with E-state index in [4.69, 9.17) is 18.9 Å². The van der Waals surface area contributed by atoms with Crippen molar-refractivity contribution >= 4 is 5.57 Å². The molecule has 182 valence electrons. The number of methoxy groups -OCH3 is 2. The molecule has 0 aliphatic rings. The van der Waals surface area contributed by atoms with Crippen LogP contribution in [0.1, 0.15) is 77.5 Å². The van der Waals surface area contributed by atoms with Crippen LogP contribution < -0.4 is 9.47 Å². The molecule has 0 unspecified atom stereocenters. The summed E-state index contributed by atoms with van der Waals surface area (Å²) in [6.45, 7) is 18.2. The fraction of sp³-hybridized carbons (Fsp3) is 0.517. The van der Waals surface area contributed by atoms with Crippen LogP contribution in [0, 0.1) is 6.92 Å². The molecule has 0 saturated heterocycles. The van der Waals surface area contributed by atoms with Crippen LogP contribution in [0.2, 0.25) is 0 Å². The molecule has 0 heterocycles. The lowest BCUT2D eigenvalue weighted by Gasteiger charge is -2.31. The molecule has 0 saturated carbocycles. The van der Waals surface area contributed by atoms with Crippen LogP contribution in [-0.4, -0.2) is 25.8 Å². The third kappa shape index (κ3) is 7.35. The smallest absolute Gasteiger partial charge is 0.204 e. The maximum absolute atomic E-state index is 6.47. The van der Waals surface area contributed by atoms with Gasteiger partial charge in [0.15, 0.2) is 0 Å². The lowest BCUT2D eigenvalue weighted by molar-refractivity contribution is -0.137. The Morgan fingerprint density at radius 1 is 0.879 bits per heavy atom. The van der Waals surface area contributed by atoms with Gasteiger partial charge in [0.25, 0.3) is 0 Å². The van der Waals surface area contributed by atoms with Gasteiger partial charge in [-0.05, 0) is 55.5 Å². The van der Waals surface area contributed by atoms with Gasteiger partial charge < -0.3 is 18.9 Å². The second-order valence-corrected chi connectivity index (χ2v) is 9.67. The summed E-state index contributed by atoms with van der Waals surface area (Å²) in [6, 6.07) is 10.6. The van der Waals surface area contributed by atoms with E-state index < -0.39 is 11.6 Å². The van der Waals surface area contributed by atoms with Gasteiger partial charge in [0.2, 0.25) is 11.6 Å². The van der Waals surface area contributed by atoms with Crippen molar-refractivity contribution in [2.24, 2.45) is 0 Å². The monoisotopic (exact) mass is 454 g/mol. The molecule has 0 aliphatic carbocycles. The predicted molar refractivity (Wildman–Crippen MR) is 138 cm³/mol. The van der Waals surface area contributed by atoms with Crippen molar-refractivity contribution in [1.82, 2.24) is 0 Å². The number of hydrogen-bond acceptors (Lipinski definition) is 4. The molecule has 4 nitrogen and oxygen atoms in total. The Morgan fingerprint density at radius 3 is 1.88 bits per heavy atom. The second-order valence-electron chi connectivity index (χ2n) is 9.67. The average Bonchev–Trinajstić information content (AvgIpc) is 2.73. The molecule has 0 bridgehead atoms. The number of unbranched alkanes of at least 4 members (excludes halogenated alkanes) is 2. The van der Waals surface area contributed by atoms with Crippen molar-refractivity contribution in [1.29, 1.82) is 0 Å². The SMILES string of the molecule is C=C(C)c1ccc(C)cc1-c1c(OC(C)(C)OC)cc(CCCCC)cc1OC(C)(C)OC. The standard InChI is InChI=1S/C29H42O4/c1-11-12-13-14-22-18-25(32-28(5,6)30-9)27(26(19-22)33-29(7,8)31-10)24-17-21(4)15-16-23(24)20(2)3/h15-19H,2,11-14H2,1,3-10H3. The summed E-state index contributed by atoms with van der Waals surface area (Å²) < 4.78 is 24.2. The molecule has 0 aliphatic heterocycles. The van der Waals surface area contributed by atoms with Crippen LogP contribution in [0.4, 0.5) is 0 Å². The minimum absolute atomic E-state index is 0.728. The molecule has 2 aromatic carbocycles. The molecule has 4 heteroatoms. The van der Waals surface area contributed by atoms with Gasteiger partial charge in [-0.25, -0.2) is 0 Å². The van der Waals surface area contributed by atoms with Crippen molar-refractivity contribution < 1.29 is 18.9 Å². The number of rotatable bonds is 12. The Hall–Kier alpha value is -2.30. The highest BCUT2D eigenvalue weighted by atomic mass is 16.7. The second kappa shape index (κ2) is 11.2. The minimum Gasteiger partial charge on any atom is -0.462 e. The lowest BCUT2D eigenvalue weighted by Crippen LogP contribution is -2.32. The van der Waals surface area contributed by atoms with Crippen LogP contribution >= 0.6 is 0 Å². The molecular formula is C29H42O4. The molecule has 0 aromatic heterocycles. The van der Waals surface area contributed by atoms with Crippen molar-refractivity contribution in [3.63, 3.8) is 0 Å². The number of ether oxygens (including phenoxy) is 4. The first-order valence-electron chi connectivity index (χ1n) is 11.8. The molecule has 0 N–H and O–H groups in total. The van der Waals surface area contributed by atoms with Crippen LogP contribution in [-0.2, 0) is 15.9 Å². The number of benzene rings is 2. The predicted octanol–water partition coefficient (Wildman–Crippen LogP) is 7.95. The third-order valence-corrected chi connectivity index (χ3v) is 5.79. The largest absolute Gasteiger partial charge is 0.462 e. The quantitative estimate of drug-likeness (QED) is 0.241. The molecule has 2 rings (SSSR count). The maximum atomic E-state index is 6.47. The zero-order valence-electron chi connectivity index (χ0n) is 22.1. The zero-order valence-corrected chi connectivity index (χ0v) is 22.1. The van der Waals surface area contributed by atoms with E-state index >= 15 is 0 Å². The molecule has 2 aromatic rings. The van der Waals surface area contributed by atoms with Gasteiger partial charge in [0, 0.05) is 41.9 Å². The first-order valence-corrected chi connectivity index (χ1v) is 11.8. The Morgan fingerprint density at radius 2 is 1.42 bits per heavy atom. The Labute approximate surface area is 200 Å². The first kappa shape index (κ1) is 26.9. The summed E-state index contributed by atoms with van der Waals surface area (Å²) >= 11 is 0. The highest BCUT2D eigenvalue weighted by Gasteiger charge is 2.28. The summed E-state index contributed by atoms with van der Waals surface area (Å²) in [6.07, 6.45) is 4.41. The summed E-state index contributed by atoms with van der Waals surface area (Å²) in [4.78, 5) is 0. The molecule has 0 fully saturated rings. The fourth-order valence-corrected chi connectivity index (χ4v) is 3.64. The summed E-state index contributed by atoms with van der Waals surface area (Å²) in [5, 5.41) is 0. The topological polar surface area (TPSA) is 36.9 Å². The minimum atomic E-state index is -0.807. The van der Waals surface area contributed by atoms with Crippen molar-refractivity contribution in [2.45, 2.75) is 85.7 Å². The van der Waals surface area contributed by atoms with E-state index in [1.807, 2.05) is 34.6 Å². The Kier molecular flexibility index (Phi) is 9.16. The van der Waals surface area contributed by atoms with E-state index in [1.165, 1.54) is 18.4 Å². The lowest BCUT2D eigenvalue weighted by atomic mass is 9.91. The van der Waals surface area contributed by atoms with Crippen molar-refractivity contribution in [2.75, 3.05) is 14.2 Å². The van der Waals surface area contributed by atoms with E-state index in [2.05, 4.69) is 50.8 Å². The van der Waals surface area contributed by atoms with E-state index in [0.717, 1.165) is 52.2 Å². The average molecular weight is 455 g/mol. The number of hydrogen-bond donors (Lipinski definition) is 0. The number of aryl methyl sites for hydroxylation is 2. The summed E-state index contributed by atoms with van der Waals surface area (Å²) in [5.41, 5.74) is 6.25. The highest BCUT2D eigenvalue weighted by molar-refractivity contribution is 5.87. The van der Waals surface area contributed by atoms with Gasteiger partial charge in [-0.15, -0.1) is 0 Å². The highest BCUT2D eigenvalue weighted by Crippen LogP contribution is 2.45. The Balaban J connectivity index is 2.85.